The fraction of sp³-hybridized carbons (Fsp3) is 0.208. The molecule has 0 radical (unpaired) electrons. The molecule has 3 nitrogen and oxygen atoms in total. The Kier molecular flexibility index (Phi) is 4.02. The van der Waals surface area contributed by atoms with Gasteiger partial charge in [0, 0.05) is 29.7 Å². The first-order chi connectivity index (χ1) is 13.3. The van der Waals surface area contributed by atoms with Crippen molar-refractivity contribution in [3.05, 3.63) is 102 Å². The summed E-state index contributed by atoms with van der Waals surface area (Å²) in [4.78, 5) is 4.32. The van der Waals surface area contributed by atoms with Crippen molar-refractivity contribution in [1.82, 2.24) is 10.3 Å². The van der Waals surface area contributed by atoms with E-state index >= 15 is 0 Å². The van der Waals surface area contributed by atoms with Gasteiger partial charge in [0.25, 0.3) is 0 Å². The summed E-state index contributed by atoms with van der Waals surface area (Å²) in [5, 5.41) is 4.91. The van der Waals surface area contributed by atoms with Gasteiger partial charge in [-0.05, 0) is 42.2 Å². The average Bonchev–Trinajstić information content (AvgIpc) is 3.40. The lowest BCUT2D eigenvalue weighted by molar-refractivity contribution is 0.448. The van der Waals surface area contributed by atoms with Gasteiger partial charge in [0.2, 0.25) is 0 Å². The van der Waals surface area contributed by atoms with Crippen LogP contribution in [0.15, 0.2) is 89.6 Å². The highest BCUT2D eigenvalue weighted by atomic mass is 16.3. The van der Waals surface area contributed by atoms with Crippen LogP contribution in [0.25, 0.3) is 11.0 Å². The van der Waals surface area contributed by atoms with Crippen LogP contribution in [0.1, 0.15) is 35.8 Å². The maximum absolute atomic E-state index is 6.19. The summed E-state index contributed by atoms with van der Waals surface area (Å²) in [5.74, 6) is 0.938. The highest BCUT2D eigenvalue weighted by molar-refractivity contribution is 5.78. The predicted molar refractivity (Wildman–Crippen MR) is 108 cm³/mol. The van der Waals surface area contributed by atoms with Crippen LogP contribution in [0.3, 0.4) is 0 Å². The minimum absolute atomic E-state index is 0.00714. The molecular formula is C24H22N2O. The number of para-hydroxylation sites is 1. The van der Waals surface area contributed by atoms with Gasteiger partial charge < -0.3 is 9.73 Å². The summed E-state index contributed by atoms with van der Waals surface area (Å²) in [7, 11) is 0. The van der Waals surface area contributed by atoms with Crippen molar-refractivity contribution < 1.29 is 4.42 Å². The van der Waals surface area contributed by atoms with E-state index < -0.39 is 0 Å². The van der Waals surface area contributed by atoms with Gasteiger partial charge in [-0.2, -0.15) is 0 Å². The third-order valence-electron chi connectivity index (χ3n) is 5.63. The third-order valence-corrected chi connectivity index (χ3v) is 5.63. The molecule has 0 bridgehead atoms. The van der Waals surface area contributed by atoms with Crippen molar-refractivity contribution in [3.8, 4) is 0 Å². The second kappa shape index (κ2) is 6.67. The standard InChI is InChI=1S/C24H22N2O/c1-2-9-20(10-3-1)24(12-13-24)17-26-23(19-8-6-14-25-16-19)22-15-18-7-4-5-11-21(18)27-22/h1-11,14-16,23,26H,12-13,17H2/t23-/m1/s1. The Balaban J connectivity index is 1.46. The van der Waals surface area contributed by atoms with Crippen LogP contribution in [-0.2, 0) is 5.41 Å². The molecule has 1 atom stereocenters. The van der Waals surface area contributed by atoms with Crippen molar-refractivity contribution >= 4 is 11.0 Å². The Morgan fingerprint density at radius 1 is 0.963 bits per heavy atom. The molecule has 0 unspecified atom stereocenters. The summed E-state index contributed by atoms with van der Waals surface area (Å²) in [5.41, 5.74) is 3.72. The van der Waals surface area contributed by atoms with Crippen molar-refractivity contribution in [2.45, 2.75) is 24.3 Å². The van der Waals surface area contributed by atoms with Crippen molar-refractivity contribution in [1.29, 1.82) is 0 Å². The number of fused-ring (bicyclic) bond motifs is 1. The minimum atomic E-state index is -0.00714. The molecule has 1 fully saturated rings. The number of furan rings is 1. The zero-order valence-corrected chi connectivity index (χ0v) is 15.1. The van der Waals surface area contributed by atoms with Crippen LogP contribution in [0.4, 0.5) is 0 Å². The van der Waals surface area contributed by atoms with Crippen LogP contribution in [0.5, 0.6) is 0 Å². The van der Waals surface area contributed by atoms with Gasteiger partial charge in [-0.1, -0.05) is 54.6 Å². The Hall–Kier alpha value is -2.91. The largest absolute Gasteiger partial charge is 0.459 e. The molecule has 2 aromatic heterocycles. The van der Waals surface area contributed by atoms with E-state index in [1.165, 1.54) is 18.4 Å². The molecule has 27 heavy (non-hydrogen) atoms. The summed E-state index contributed by atoms with van der Waals surface area (Å²) in [6, 6.07) is 25.2. The molecule has 1 N–H and O–H groups in total. The van der Waals surface area contributed by atoms with E-state index in [0.29, 0.717) is 0 Å². The van der Waals surface area contributed by atoms with E-state index in [4.69, 9.17) is 4.42 Å². The molecule has 134 valence electrons. The number of benzene rings is 2. The molecule has 0 aliphatic heterocycles. The molecule has 1 saturated carbocycles. The average molecular weight is 354 g/mol. The molecule has 0 saturated heterocycles. The first kappa shape index (κ1) is 16.3. The van der Waals surface area contributed by atoms with E-state index in [0.717, 1.165) is 28.8 Å². The normalized spacial score (nSPS) is 16.3. The van der Waals surface area contributed by atoms with Gasteiger partial charge in [0.15, 0.2) is 0 Å². The molecule has 0 amide bonds. The number of hydrogen-bond donors (Lipinski definition) is 1. The molecule has 1 aliphatic rings. The van der Waals surface area contributed by atoms with Crippen molar-refractivity contribution in [2.24, 2.45) is 0 Å². The molecule has 5 rings (SSSR count). The molecule has 1 aliphatic carbocycles. The van der Waals surface area contributed by atoms with Gasteiger partial charge in [-0.15, -0.1) is 0 Å². The maximum atomic E-state index is 6.19. The van der Waals surface area contributed by atoms with E-state index in [1.54, 1.807) is 0 Å². The SMILES string of the molecule is c1ccc(C2(CN[C@H](c3cccnc3)c3cc4ccccc4o3)CC2)cc1. The number of rotatable bonds is 6. The van der Waals surface area contributed by atoms with Crippen molar-refractivity contribution in [3.63, 3.8) is 0 Å². The molecule has 4 aromatic rings. The van der Waals surface area contributed by atoms with Gasteiger partial charge in [-0.3, -0.25) is 4.98 Å². The van der Waals surface area contributed by atoms with Crippen molar-refractivity contribution in [2.75, 3.05) is 6.54 Å². The zero-order chi connectivity index (χ0) is 18.1. The minimum Gasteiger partial charge on any atom is -0.459 e. The number of pyridine rings is 1. The number of aromatic nitrogens is 1. The number of hydrogen-bond acceptors (Lipinski definition) is 3. The third kappa shape index (κ3) is 3.15. The number of nitrogens with one attached hydrogen (secondary N) is 1. The van der Waals surface area contributed by atoms with Gasteiger partial charge >= 0.3 is 0 Å². The van der Waals surface area contributed by atoms with E-state index in [-0.39, 0.29) is 11.5 Å². The first-order valence-electron chi connectivity index (χ1n) is 9.51. The lowest BCUT2D eigenvalue weighted by Crippen LogP contribution is -2.31. The predicted octanol–water partition coefficient (Wildman–Crippen LogP) is 5.24. The van der Waals surface area contributed by atoms with Crippen LogP contribution < -0.4 is 5.32 Å². The van der Waals surface area contributed by atoms with E-state index in [2.05, 4.69) is 58.8 Å². The van der Waals surface area contributed by atoms with Crippen LogP contribution in [-0.4, -0.2) is 11.5 Å². The van der Waals surface area contributed by atoms with Crippen LogP contribution in [0, 0.1) is 0 Å². The number of nitrogens with zero attached hydrogens (tertiary/aromatic N) is 1. The first-order valence-corrected chi connectivity index (χ1v) is 9.51. The monoisotopic (exact) mass is 354 g/mol. The highest BCUT2D eigenvalue weighted by Gasteiger charge is 2.44. The molecular weight excluding hydrogens is 332 g/mol. The fourth-order valence-corrected chi connectivity index (χ4v) is 3.88. The fourth-order valence-electron chi connectivity index (χ4n) is 3.88. The van der Waals surface area contributed by atoms with Gasteiger partial charge in [-0.25, -0.2) is 0 Å². The van der Waals surface area contributed by atoms with Gasteiger partial charge in [0.05, 0.1) is 6.04 Å². The summed E-state index contributed by atoms with van der Waals surface area (Å²) in [6.07, 6.45) is 6.19. The Morgan fingerprint density at radius 3 is 2.52 bits per heavy atom. The Bertz CT molecular complexity index is 1000. The molecule has 2 aromatic carbocycles. The summed E-state index contributed by atoms with van der Waals surface area (Å²) in [6.45, 7) is 0.924. The van der Waals surface area contributed by atoms with Crippen LogP contribution >= 0.6 is 0 Å². The zero-order valence-electron chi connectivity index (χ0n) is 15.1. The Morgan fingerprint density at radius 2 is 1.78 bits per heavy atom. The lowest BCUT2D eigenvalue weighted by atomic mass is 9.95. The van der Waals surface area contributed by atoms with Gasteiger partial charge in [0.1, 0.15) is 11.3 Å². The second-order valence-electron chi connectivity index (χ2n) is 7.43. The quantitative estimate of drug-likeness (QED) is 0.515. The molecule has 3 heteroatoms. The summed E-state index contributed by atoms with van der Waals surface area (Å²) >= 11 is 0. The smallest absolute Gasteiger partial charge is 0.134 e. The topological polar surface area (TPSA) is 38.1 Å². The van der Waals surface area contributed by atoms with E-state index in [9.17, 15) is 0 Å². The van der Waals surface area contributed by atoms with Crippen LogP contribution in [0.2, 0.25) is 0 Å². The highest BCUT2D eigenvalue weighted by Crippen LogP contribution is 2.48. The molecule has 0 spiro atoms. The Labute approximate surface area is 159 Å². The van der Waals surface area contributed by atoms with E-state index in [1.807, 2.05) is 36.7 Å². The molecule has 2 heterocycles. The lowest BCUT2D eigenvalue weighted by Gasteiger charge is -2.22. The maximum Gasteiger partial charge on any atom is 0.134 e. The second-order valence-corrected chi connectivity index (χ2v) is 7.43. The summed E-state index contributed by atoms with van der Waals surface area (Å²) < 4.78 is 6.19.